The summed E-state index contributed by atoms with van der Waals surface area (Å²) >= 11 is 2.86. The van der Waals surface area contributed by atoms with Crippen LogP contribution in [0.4, 0.5) is 5.13 Å². The lowest BCUT2D eigenvalue weighted by Crippen LogP contribution is -2.27. The summed E-state index contributed by atoms with van der Waals surface area (Å²) in [7, 11) is 0. The van der Waals surface area contributed by atoms with Crippen molar-refractivity contribution in [2.45, 2.75) is 31.7 Å². The Bertz CT molecular complexity index is 839. The van der Waals surface area contributed by atoms with Crippen LogP contribution in [0.25, 0.3) is 11.5 Å². The number of rotatable bonds is 6. The zero-order valence-electron chi connectivity index (χ0n) is 13.5. The van der Waals surface area contributed by atoms with Crippen LogP contribution < -0.4 is 4.90 Å². The van der Waals surface area contributed by atoms with Gasteiger partial charge in [0.25, 0.3) is 11.1 Å². The van der Waals surface area contributed by atoms with Crippen molar-refractivity contribution in [3.05, 3.63) is 29.2 Å². The van der Waals surface area contributed by atoms with Gasteiger partial charge in [0.2, 0.25) is 5.91 Å². The minimum atomic E-state index is -0.0110. The minimum Gasteiger partial charge on any atom is -0.469 e. The van der Waals surface area contributed by atoms with Gasteiger partial charge in [-0.15, -0.1) is 21.5 Å². The van der Waals surface area contributed by atoms with E-state index in [1.54, 1.807) is 17.2 Å². The lowest BCUT2D eigenvalue weighted by molar-refractivity contribution is -0.116. The molecule has 9 heteroatoms. The summed E-state index contributed by atoms with van der Waals surface area (Å²) in [6.45, 7) is 5.91. The molecule has 0 saturated carbocycles. The van der Waals surface area contributed by atoms with Gasteiger partial charge in [-0.1, -0.05) is 11.8 Å². The third-order valence-electron chi connectivity index (χ3n) is 3.31. The SMILES string of the molecule is CCN(C(C)=O)c1nc(CSc2nnc(-c3ccoc3C)o2)cs1. The van der Waals surface area contributed by atoms with E-state index in [0.29, 0.717) is 28.5 Å². The van der Waals surface area contributed by atoms with E-state index in [1.165, 1.54) is 30.0 Å². The first-order chi connectivity index (χ1) is 11.6. The third-order valence-corrected chi connectivity index (χ3v) is 5.07. The molecular formula is C15H16N4O3S2. The normalized spacial score (nSPS) is 11.0. The summed E-state index contributed by atoms with van der Waals surface area (Å²) in [5.74, 6) is 1.76. The van der Waals surface area contributed by atoms with Crippen LogP contribution >= 0.6 is 23.1 Å². The van der Waals surface area contributed by atoms with E-state index in [0.717, 1.165) is 17.0 Å². The van der Waals surface area contributed by atoms with Crippen molar-refractivity contribution in [1.82, 2.24) is 15.2 Å². The van der Waals surface area contributed by atoms with E-state index in [-0.39, 0.29) is 5.91 Å². The Labute approximate surface area is 147 Å². The molecule has 0 radical (unpaired) electrons. The van der Waals surface area contributed by atoms with Crippen molar-refractivity contribution in [1.29, 1.82) is 0 Å². The van der Waals surface area contributed by atoms with Crippen LogP contribution in [0.2, 0.25) is 0 Å². The van der Waals surface area contributed by atoms with Crippen molar-refractivity contribution in [3.63, 3.8) is 0 Å². The monoisotopic (exact) mass is 364 g/mol. The van der Waals surface area contributed by atoms with Crippen LogP contribution in [0.15, 0.2) is 31.8 Å². The second kappa shape index (κ2) is 7.18. The van der Waals surface area contributed by atoms with Crippen molar-refractivity contribution >= 4 is 34.1 Å². The second-order valence-electron chi connectivity index (χ2n) is 4.94. The molecule has 126 valence electrons. The third kappa shape index (κ3) is 3.51. The summed E-state index contributed by atoms with van der Waals surface area (Å²) in [6.07, 6.45) is 1.59. The van der Waals surface area contributed by atoms with Crippen molar-refractivity contribution < 1.29 is 13.6 Å². The summed E-state index contributed by atoms with van der Waals surface area (Å²) in [5.41, 5.74) is 1.67. The van der Waals surface area contributed by atoms with E-state index in [1.807, 2.05) is 19.2 Å². The average molecular weight is 364 g/mol. The van der Waals surface area contributed by atoms with Crippen LogP contribution in [0, 0.1) is 6.92 Å². The quantitative estimate of drug-likeness (QED) is 0.616. The summed E-state index contributed by atoms with van der Waals surface area (Å²) in [4.78, 5) is 17.7. The zero-order valence-corrected chi connectivity index (χ0v) is 15.1. The fraction of sp³-hybridized carbons (Fsp3) is 0.333. The summed E-state index contributed by atoms with van der Waals surface area (Å²) in [6, 6.07) is 1.80. The van der Waals surface area contributed by atoms with Gasteiger partial charge in [0.1, 0.15) is 5.76 Å². The molecule has 0 N–H and O–H groups in total. The number of aryl methyl sites for hydroxylation is 1. The molecule has 1 amide bonds. The molecule has 0 aliphatic heterocycles. The van der Waals surface area contributed by atoms with Gasteiger partial charge in [-0.05, 0) is 19.9 Å². The number of furan rings is 1. The maximum Gasteiger partial charge on any atom is 0.277 e. The number of nitrogens with zero attached hydrogens (tertiary/aromatic N) is 4. The largest absolute Gasteiger partial charge is 0.469 e. The maximum absolute atomic E-state index is 11.6. The van der Waals surface area contributed by atoms with E-state index in [2.05, 4.69) is 15.2 Å². The molecule has 3 aromatic rings. The highest BCUT2D eigenvalue weighted by molar-refractivity contribution is 7.98. The lowest BCUT2D eigenvalue weighted by atomic mass is 10.3. The Morgan fingerprint density at radius 2 is 2.25 bits per heavy atom. The number of amides is 1. The zero-order chi connectivity index (χ0) is 17.1. The minimum absolute atomic E-state index is 0.0110. The highest BCUT2D eigenvalue weighted by atomic mass is 32.2. The number of carbonyl (C=O) groups excluding carboxylic acids is 1. The number of thiazole rings is 1. The molecule has 0 aliphatic carbocycles. The van der Waals surface area contributed by atoms with Gasteiger partial charge in [-0.3, -0.25) is 9.69 Å². The fourth-order valence-corrected chi connectivity index (χ4v) is 3.79. The van der Waals surface area contributed by atoms with Crippen molar-refractivity contribution in [2.75, 3.05) is 11.4 Å². The maximum atomic E-state index is 11.6. The van der Waals surface area contributed by atoms with Gasteiger partial charge in [0, 0.05) is 24.6 Å². The van der Waals surface area contributed by atoms with Crippen LogP contribution in [-0.4, -0.2) is 27.6 Å². The summed E-state index contributed by atoms with van der Waals surface area (Å²) < 4.78 is 10.9. The summed E-state index contributed by atoms with van der Waals surface area (Å²) in [5, 5.41) is 11.2. The van der Waals surface area contributed by atoms with Gasteiger partial charge in [-0.25, -0.2) is 4.98 Å². The molecule has 3 aromatic heterocycles. The highest BCUT2D eigenvalue weighted by Gasteiger charge is 2.16. The molecular weight excluding hydrogens is 348 g/mol. The Balaban J connectivity index is 1.65. The Kier molecular flexibility index (Phi) is 5.00. The van der Waals surface area contributed by atoms with E-state index < -0.39 is 0 Å². The molecule has 7 nitrogen and oxygen atoms in total. The molecule has 0 aromatic carbocycles. The molecule has 0 saturated heterocycles. The van der Waals surface area contributed by atoms with Gasteiger partial charge >= 0.3 is 0 Å². The molecule has 0 unspecified atom stereocenters. The van der Waals surface area contributed by atoms with Crippen LogP contribution in [0.5, 0.6) is 0 Å². The number of hydrogen-bond acceptors (Lipinski definition) is 8. The lowest BCUT2D eigenvalue weighted by Gasteiger charge is -2.14. The van der Waals surface area contributed by atoms with Crippen LogP contribution in [0.3, 0.4) is 0 Å². The molecule has 24 heavy (non-hydrogen) atoms. The fourth-order valence-electron chi connectivity index (χ4n) is 2.10. The first-order valence-electron chi connectivity index (χ1n) is 7.31. The molecule has 3 rings (SSSR count). The Morgan fingerprint density at radius 1 is 1.42 bits per heavy atom. The smallest absolute Gasteiger partial charge is 0.277 e. The Morgan fingerprint density at radius 3 is 2.92 bits per heavy atom. The van der Waals surface area contributed by atoms with Gasteiger partial charge in [-0.2, -0.15) is 0 Å². The highest BCUT2D eigenvalue weighted by Crippen LogP contribution is 2.29. The number of hydrogen-bond donors (Lipinski definition) is 0. The molecule has 0 aliphatic rings. The average Bonchev–Trinajstić information content (AvgIpc) is 3.26. The molecule has 0 atom stereocenters. The Hall–Kier alpha value is -2.13. The number of aromatic nitrogens is 3. The number of thioether (sulfide) groups is 1. The van der Waals surface area contributed by atoms with Gasteiger partial charge in [0.15, 0.2) is 5.13 Å². The predicted octanol–water partition coefficient (Wildman–Crippen LogP) is 3.76. The number of carbonyl (C=O) groups is 1. The predicted molar refractivity (Wildman–Crippen MR) is 92.1 cm³/mol. The van der Waals surface area contributed by atoms with Crippen LogP contribution in [-0.2, 0) is 10.5 Å². The molecule has 0 bridgehead atoms. The van der Waals surface area contributed by atoms with E-state index in [4.69, 9.17) is 8.83 Å². The van der Waals surface area contributed by atoms with E-state index >= 15 is 0 Å². The first kappa shape index (κ1) is 16.7. The molecule has 3 heterocycles. The number of anilines is 1. The van der Waals surface area contributed by atoms with Gasteiger partial charge < -0.3 is 8.83 Å². The first-order valence-corrected chi connectivity index (χ1v) is 9.18. The van der Waals surface area contributed by atoms with E-state index in [9.17, 15) is 4.79 Å². The molecule has 0 spiro atoms. The molecule has 0 fully saturated rings. The van der Waals surface area contributed by atoms with Crippen LogP contribution in [0.1, 0.15) is 25.3 Å². The van der Waals surface area contributed by atoms with Crippen molar-refractivity contribution in [2.24, 2.45) is 0 Å². The second-order valence-corrected chi connectivity index (χ2v) is 6.70. The topological polar surface area (TPSA) is 85.3 Å². The van der Waals surface area contributed by atoms with Gasteiger partial charge in [0.05, 0.1) is 17.5 Å². The standard InChI is InChI=1S/C15H16N4O3S2/c1-4-19(10(3)20)14-16-11(7-23-14)8-24-15-18-17-13(22-15)12-5-6-21-9(12)2/h5-7H,4,8H2,1-3H3. The van der Waals surface area contributed by atoms with Crippen molar-refractivity contribution in [3.8, 4) is 11.5 Å².